The van der Waals surface area contributed by atoms with Crippen LogP contribution in [0.2, 0.25) is 0 Å². The van der Waals surface area contributed by atoms with Crippen molar-refractivity contribution in [2.24, 2.45) is 0 Å². The van der Waals surface area contributed by atoms with Crippen LogP contribution < -0.4 is 14.4 Å². The van der Waals surface area contributed by atoms with Crippen molar-refractivity contribution in [3.8, 4) is 23.8 Å². The second kappa shape index (κ2) is 10.2. The van der Waals surface area contributed by atoms with E-state index in [0.29, 0.717) is 43.8 Å². The van der Waals surface area contributed by atoms with Gasteiger partial charge in [0.25, 0.3) is 0 Å². The molecule has 2 aliphatic heterocycles. The van der Waals surface area contributed by atoms with Gasteiger partial charge < -0.3 is 19.3 Å². The number of carbonyl (C=O) groups is 3. The zero-order valence-corrected chi connectivity index (χ0v) is 24.7. The Labute approximate surface area is 251 Å². The highest BCUT2D eigenvalue weighted by Crippen LogP contribution is 2.64. The topological polar surface area (TPSA) is 106 Å². The van der Waals surface area contributed by atoms with Crippen LogP contribution in [0.3, 0.4) is 0 Å². The number of terminal acetylenes is 1. The molecule has 1 N–H and O–H groups in total. The molecule has 9 heteroatoms. The highest BCUT2D eigenvalue weighted by molar-refractivity contribution is 5.94. The Balaban J connectivity index is 1.30. The third-order valence-corrected chi connectivity index (χ3v) is 9.20. The summed E-state index contributed by atoms with van der Waals surface area (Å²) in [6.07, 6.45) is 7.64. The van der Waals surface area contributed by atoms with E-state index in [0.717, 1.165) is 11.1 Å². The Morgan fingerprint density at radius 3 is 2.65 bits per heavy atom. The number of likely N-dealkylation sites (tertiary alicyclic amines) is 1. The van der Waals surface area contributed by atoms with E-state index in [1.54, 1.807) is 51.1 Å². The van der Waals surface area contributed by atoms with Crippen LogP contribution >= 0.6 is 0 Å². The number of piperidine rings is 1. The molecule has 1 spiro atoms. The molecule has 2 heterocycles. The quantitative estimate of drug-likeness (QED) is 0.233. The van der Waals surface area contributed by atoms with Gasteiger partial charge in [-0.25, -0.2) is 9.59 Å². The molecule has 4 atom stereocenters. The van der Waals surface area contributed by atoms with Crippen LogP contribution in [0.5, 0.6) is 11.5 Å². The van der Waals surface area contributed by atoms with E-state index in [-0.39, 0.29) is 36.1 Å². The first-order chi connectivity index (χ1) is 20.4. The number of ketones is 1. The Morgan fingerprint density at radius 2 is 1.98 bits per heavy atom. The van der Waals surface area contributed by atoms with E-state index < -0.39 is 34.8 Å². The van der Waals surface area contributed by atoms with Crippen molar-refractivity contribution in [1.29, 1.82) is 0 Å². The number of carbonyl (C=O) groups excluding carboxylic acids is 3. The summed E-state index contributed by atoms with van der Waals surface area (Å²) in [5, 5.41) is 12.3. The molecule has 9 nitrogen and oxygen atoms in total. The SMILES string of the molecule is C#CCN(C(=O)OC(C)(C)C)c1ccc(C(=O)Oc2ccc3c4c2O[C@H]2C(=O)CC[C@@]5(O)C(C3)N(CC=C)CC[C@]425)cc1. The van der Waals surface area contributed by atoms with Gasteiger partial charge in [0.1, 0.15) is 5.60 Å². The standard InChI is InChI=1S/C34H36N2O7/c1-6-17-35-19-16-33-27-22-10-13-25(28(27)42-29(33)24(37)14-15-34(33,40)26(35)20-22)41-30(38)21-8-11-23(12-9-21)36(18-7-2)31(39)43-32(3,4)5/h2,6,8-13,26,29,40H,1,14-20H2,3-5H3/t26?,29-,33-,34+/m0/s1. The first-order valence-electron chi connectivity index (χ1n) is 14.6. The van der Waals surface area contributed by atoms with Crippen LogP contribution in [0.25, 0.3) is 0 Å². The number of Topliss-reactive ketones (excluding diaryl/α,β-unsaturated/α-hetero) is 1. The number of esters is 1. The molecule has 6 rings (SSSR count). The van der Waals surface area contributed by atoms with Crippen LogP contribution in [0, 0.1) is 12.3 Å². The number of anilines is 1. The lowest BCUT2D eigenvalue weighted by atomic mass is 9.49. The minimum atomic E-state index is -1.15. The molecule has 1 unspecified atom stereocenters. The second-order valence-electron chi connectivity index (χ2n) is 12.7. The fourth-order valence-corrected chi connectivity index (χ4v) is 7.47. The summed E-state index contributed by atoms with van der Waals surface area (Å²) in [4.78, 5) is 42.9. The predicted octanol–water partition coefficient (Wildman–Crippen LogP) is 4.19. The van der Waals surface area contributed by atoms with Gasteiger partial charge in [0.2, 0.25) is 0 Å². The van der Waals surface area contributed by atoms with Gasteiger partial charge in [0, 0.05) is 36.8 Å². The van der Waals surface area contributed by atoms with Gasteiger partial charge in [-0.1, -0.05) is 18.1 Å². The van der Waals surface area contributed by atoms with Gasteiger partial charge in [0.05, 0.1) is 23.1 Å². The van der Waals surface area contributed by atoms with Crippen LogP contribution in [-0.4, -0.2) is 70.8 Å². The number of ether oxygens (including phenoxy) is 3. The van der Waals surface area contributed by atoms with E-state index in [2.05, 4.69) is 17.4 Å². The number of aliphatic hydroxyl groups is 1. The predicted molar refractivity (Wildman–Crippen MR) is 159 cm³/mol. The van der Waals surface area contributed by atoms with E-state index in [4.69, 9.17) is 20.6 Å². The fourth-order valence-electron chi connectivity index (χ4n) is 7.47. The molecular formula is C34H36N2O7. The molecule has 0 radical (unpaired) electrons. The minimum Gasteiger partial charge on any atom is -0.477 e. The third-order valence-electron chi connectivity index (χ3n) is 9.20. The van der Waals surface area contributed by atoms with E-state index in [9.17, 15) is 19.5 Å². The van der Waals surface area contributed by atoms with Crippen molar-refractivity contribution in [3.05, 3.63) is 65.7 Å². The average Bonchev–Trinajstić information content (AvgIpc) is 3.31. The molecule has 4 aliphatic rings. The zero-order valence-electron chi connectivity index (χ0n) is 24.7. The highest BCUT2D eigenvalue weighted by atomic mass is 16.6. The average molecular weight is 585 g/mol. The lowest BCUT2D eigenvalue weighted by Crippen LogP contribution is -2.76. The normalized spacial score (nSPS) is 26.9. The lowest BCUT2D eigenvalue weighted by Gasteiger charge is -2.62. The minimum absolute atomic E-state index is 0.00524. The smallest absolute Gasteiger partial charge is 0.415 e. The van der Waals surface area contributed by atoms with Crippen molar-refractivity contribution in [2.75, 3.05) is 24.5 Å². The molecule has 1 amide bonds. The van der Waals surface area contributed by atoms with Gasteiger partial charge in [-0.2, -0.15) is 0 Å². The molecule has 2 aromatic rings. The maximum absolute atomic E-state index is 13.3. The van der Waals surface area contributed by atoms with Gasteiger partial charge in [-0.05, 0) is 75.9 Å². The summed E-state index contributed by atoms with van der Waals surface area (Å²) < 4.78 is 17.7. The highest BCUT2D eigenvalue weighted by Gasteiger charge is 2.73. The molecular weight excluding hydrogens is 548 g/mol. The number of rotatable bonds is 6. The summed E-state index contributed by atoms with van der Waals surface area (Å²) in [5.74, 6) is 2.36. The number of nitrogens with zero attached hydrogens (tertiary/aromatic N) is 2. The van der Waals surface area contributed by atoms with Gasteiger partial charge in [-0.15, -0.1) is 13.0 Å². The fraction of sp³-hybridized carbons (Fsp3) is 0.441. The van der Waals surface area contributed by atoms with Crippen molar-refractivity contribution in [3.63, 3.8) is 0 Å². The van der Waals surface area contributed by atoms with Gasteiger partial charge in [0.15, 0.2) is 23.4 Å². The first kappa shape index (κ1) is 29.0. The van der Waals surface area contributed by atoms with Crippen LogP contribution in [0.4, 0.5) is 10.5 Å². The Kier molecular flexibility index (Phi) is 6.90. The Hall–Kier alpha value is -4.13. The zero-order chi connectivity index (χ0) is 30.7. The third kappa shape index (κ3) is 4.43. The summed E-state index contributed by atoms with van der Waals surface area (Å²) in [6, 6.07) is 9.75. The summed E-state index contributed by atoms with van der Waals surface area (Å²) in [5.41, 5.74) is -0.231. The van der Waals surface area contributed by atoms with Crippen molar-refractivity contribution >= 4 is 23.5 Å². The van der Waals surface area contributed by atoms with Crippen molar-refractivity contribution in [1.82, 2.24) is 4.90 Å². The molecule has 2 bridgehead atoms. The van der Waals surface area contributed by atoms with E-state index in [1.807, 2.05) is 12.1 Å². The van der Waals surface area contributed by atoms with E-state index >= 15 is 0 Å². The second-order valence-corrected chi connectivity index (χ2v) is 12.7. The van der Waals surface area contributed by atoms with Crippen LogP contribution in [-0.2, 0) is 21.4 Å². The van der Waals surface area contributed by atoms with Crippen molar-refractivity contribution < 1.29 is 33.7 Å². The Morgan fingerprint density at radius 1 is 1.23 bits per heavy atom. The molecule has 224 valence electrons. The molecule has 1 saturated carbocycles. The first-order valence-corrected chi connectivity index (χ1v) is 14.6. The number of amides is 1. The summed E-state index contributed by atoms with van der Waals surface area (Å²) >= 11 is 0. The number of hydrogen-bond donors (Lipinski definition) is 1. The van der Waals surface area contributed by atoms with Crippen molar-refractivity contribution in [2.45, 2.75) is 75.2 Å². The van der Waals surface area contributed by atoms with Gasteiger partial charge in [-0.3, -0.25) is 14.6 Å². The largest absolute Gasteiger partial charge is 0.477 e. The van der Waals surface area contributed by atoms with Crippen LogP contribution in [0.15, 0.2) is 49.1 Å². The number of benzene rings is 2. The van der Waals surface area contributed by atoms with E-state index in [1.165, 1.54) is 4.90 Å². The molecule has 43 heavy (non-hydrogen) atoms. The van der Waals surface area contributed by atoms with Crippen LogP contribution in [0.1, 0.15) is 61.5 Å². The lowest BCUT2D eigenvalue weighted by molar-refractivity contribution is -0.187. The molecule has 1 saturated heterocycles. The molecule has 2 aliphatic carbocycles. The summed E-state index contributed by atoms with van der Waals surface area (Å²) in [6.45, 7) is 10.5. The molecule has 0 aromatic heterocycles. The molecule has 2 aromatic carbocycles. The summed E-state index contributed by atoms with van der Waals surface area (Å²) in [7, 11) is 0. The maximum atomic E-state index is 13.3. The Bertz CT molecular complexity index is 1550. The number of hydrogen-bond acceptors (Lipinski definition) is 8. The monoisotopic (exact) mass is 584 g/mol. The van der Waals surface area contributed by atoms with Gasteiger partial charge >= 0.3 is 12.1 Å². The molecule has 2 fully saturated rings. The maximum Gasteiger partial charge on any atom is 0.415 e.